The van der Waals surface area contributed by atoms with Crippen LogP contribution in [-0.2, 0) is 0 Å². The molecule has 0 unspecified atom stereocenters. The van der Waals surface area contributed by atoms with E-state index in [4.69, 9.17) is 9.84 Å². The van der Waals surface area contributed by atoms with Crippen molar-refractivity contribution < 1.29 is 19.6 Å². The molecule has 1 aromatic rings. The second-order valence-electron chi connectivity index (χ2n) is 4.34. The first-order chi connectivity index (χ1) is 9.06. The van der Waals surface area contributed by atoms with Gasteiger partial charge in [0.15, 0.2) is 0 Å². The zero-order valence-corrected chi connectivity index (χ0v) is 10.2. The molecule has 2 rings (SSSR count). The van der Waals surface area contributed by atoms with Gasteiger partial charge in [0.25, 0.3) is 5.69 Å². The molecule has 1 aromatic carbocycles. The Balaban J connectivity index is 1.94. The van der Waals surface area contributed by atoms with Crippen LogP contribution in [0.4, 0.5) is 10.5 Å². The van der Waals surface area contributed by atoms with Crippen molar-refractivity contribution in [3.05, 3.63) is 34.4 Å². The fraction of sp³-hybridized carbons (Fsp3) is 0.417. The number of hydrogen-bond acceptors (Lipinski definition) is 4. The van der Waals surface area contributed by atoms with Crippen molar-refractivity contribution >= 4 is 11.8 Å². The van der Waals surface area contributed by atoms with Gasteiger partial charge in [-0.05, 0) is 6.07 Å². The number of piperidine rings is 1. The molecule has 1 aliphatic heterocycles. The number of hydrogen-bond donors (Lipinski definition) is 1. The monoisotopic (exact) mass is 266 g/mol. The molecule has 1 saturated heterocycles. The molecule has 1 heterocycles. The van der Waals surface area contributed by atoms with Crippen LogP contribution < -0.4 is 4.74 Å². The summed E-state index contributed by atoms with van der Waals surface area (Å²) in [5.74, 6) is 0.447. The molecule has 19 heavy (non-hydrogen) atoms. The fourth-order valence-electron chi connectivity index (χ4n) is 2.03. The van der Waals surface area contributed by atoms with Crippen molar-refractivity contribution in [3.8, 4) is 5.75 Å². The summed E-state index contributed by atoms with van der Waals surface area (Å²) in [5.41, 5.74) is -0.0135. The van der Waals surface area contributed by atoms with E-state index in [1.54, 1.807) is 12.1 Å². The third kappa shape index (κ3) is 3.34. The average molecular weight is 266 g/mol. The number of rotatable bonds is 3. The first-order valence-corrected chi connectivity index (χ1v) is 5.95. The van der Waals surface area contributed by atoms with Crippen molar-refractivity contribution in [3.63, 3.8) is 0 Å². The summed E-state index contributed by atoms with van der Waals surface area (Å²) in [4.78, 5) is 22.3. The van der Waals surface area contributed by atoms with Crippen molar-refractivity contribution in [1.29, 1.82) is 0 Å². The number of likely N-dealkylation sites (tertiary alicyclic amines) is 1. The van der Waals surface area contributed by atoms with Gasteiger partial charge in [0, 0.05) is 32.0 Å². The summed E-state index contributed by atoms with van der Waals surface area (Å²) in [6.07, 6.45) is 0.163. The number of nitrogens with zero attached hydrogens (tertiary/aromatic N) is 2. The Hall–Kier alpha value is -2.31. The minimum Gasteiger partial charge on any atom is -0.490 e. The minimum absolute atomic E-state index is 0.0135. The van der Waals surface area contributed by atoms with E-state index >= 15 is 0 Å². The van der Waals surface area contributed by atoms with E-state index in [1.165, 1.54) is 17.0 Å². The topological polar surface area (TPSA) is 92.9 Å². The lowest BCUT2D eigenvalue weighted by Gasteiger charge is -2.30. The highest BCUT2D eigenvalue weighted by Crippen LogP contribution is 2.23. The molecule has 1 N–H and O–H groups in total. The van der Waals surface area contributed by atoms with Crippen LogP contribution in [0.2, 0.25) is 0 Å². The van der Waals surface area contributed by atoms with Gasteiger partial charge in [0.05, 0.1) is 11.0 Å². The van der Waals surface area contributed by atoms with Crippen LogP contribution in [0.5, 0.6) is 5.75 Å². The molecule has 1 fully saturated rings. The normalized spacial score (nSPS) is 16.1. The third-order valence-electron chi connectivity index (χ3n) is 3.04. The molecule has 0 saturated carbocycles. The number of carboxylic acid groups (broad SMARTS) is 1. The minimum atomic E-state index is -0.922. The summed E-state index contributed by atoms with van der Waals surface area (Å²) < 4.78 is 5.65. The van der Waals surface area contributed by atoms with Crippen LogP contribution in [0, 0.1) is 10.1 Å². The van der Waals surface area contributed by atoms with Gasteiger partial charge in [-0.1, -0.05) is 6.07 Å². The van der Waals surface area contributed by atoms with Gasteiger partial charge in [-0.3, -0.25) is 10.1 Å². The quantitative estimate of drug-likeness (QED) is 0.668. The second-order valence-corrected chi connectivity index (χ2v) is 4.34. The van der Waals surface area contributed by atoms with Gasteiger partial charge in [-0.2, -0.15) is 0 Å². The molecule has 0 bridgehead atoms. The summed E-state index contributed by atoms with van der Waals surface area (Å²) >= 11 is 0. The predicted molar refractivity (Wildman–Crippen MR) is 66.3 cm³/mol. The third-order valence-corrected chi connectivity index (χ3v) is 3.04. The van der Waals surface area contributed by atoms with Gasteiger partial charge < -0.3 is 14.7 Å². The summed E-state index contributed by atoms with van der Waals surface area (Å²) in [5, 5.41) is 19.5. The van der Waals surface area contributed by atoms with E-state index in [1.807, 2.05) is 0 Å². The van der Waals surface area contributed by atoms with Gasteiger partial charge in [0.1, 0.15) is 11.9 Å². The van der Waals surface area contributed by atoms with E-state index in [0.29, 0.717) is 31.7 Å². The summed E-state index contributed by atoms with van der Waals surface area (Å²) in [7, 11) is 0. The lowest BCUT2D eigenvalue weighted by molar-refractivity contribution is -0.384. The Bertz CT molecular complexity index is 483. The SMILES string of the molecule is O=C(O)N1CCC(Oc2cccc([N+](=O)[O-])c2)CC1. The smallest absolute Gasteiger partial charge is 0.407 e. The molecule has 0 spiro atoms. The lowest BCUT2D eigenvalue weighted by atomic mass is 10.1. The molecule has 0 radical (unpaired) electrons. The fourth-order valence-corrected chi connectivity index (χ4v) is 2.03. The number of amides is 1. The maximum absolute atomic E-state index is 10.7. The highest BCUT2D eigenvalue weighted by atomic mass is 16.6. The maximum atomic E-state index is 10.7. The van der Waals surface area contributed by atoms with Gasteiger partial charge in [-0.25, -0.2) is 4.79 Å². The van der Waals surface area contributed by atoms with E-state index in [2.05, 4.69) is 0 Å². The average Bonchev–Trinajstić information content (AvgIpc) is 2.39. The van der Waals surface area contributed by atoms with Gasteiger partial charge in [-0.15, -0.1) is 0 Å². The van der Waals surface area contributed by atoms with Crippen molar-refractivity contribution in [2.24, 2.45) is 0 Å². The molecule has 0 atom stereocenters. The zero-order chi connectivity index (χ0) is 13.8. The number of ether oxygens (including phenoxy) is 1. The zero-order valence-electron chi connectivity index (χ0n) is 10.2. The molecular formula is C12H14N2O5. The van der Waals surface area contributed by atoms with Crippen molar-refractivity contribution in [2.75, 3.05) is 13.1 Å². The van der Waals surface area contributed by atoms with Crippen LogP contribution in [0.15, 0.2) is 24.3 Å². The number of nitro groups is 1. The van der Waals surface area contributed by atoms with Crippen molar-refractivity contribution in [2.45, 2.75) is 18.9 Å². The van der Waals surface area contributed by atoms with E-state index in [0.717, 1.165) is 0 Å². The number of benzene rings is 1. The molecule has 1 amide bonds. The van der Waals surface area contributed by atoms with Crippen LogP contribution >= 0.6 is 0 Å². The molecule has 1 aliphatic rings. The van der Waals surface area contributed by atoms with Crippen LogP contribution in [0.3, 0.4) is 0 Å². The molecule has 102 valence electrons. The first-order valence-electron chi connectivity index (χ1n) is 5.95. The Morgan fingerprint density at radius 1 is 1.42 bits per heavy atom. The molecule has 0 aromatic heterocycles. The molecule has 7 nitrogen and oxygen atoms in total. The standard InChI is InChI=1S/C12H14N2O5/c15-12(16)13-6-4-10(5-7-13)19-11-3-1-2-9(8-11)14(17)18/h1-3,8,10H,4-7H2,(H,15,16). The Morgan fingerprint density at radius 3 is 2.68 bits per heavy atom. The maximum Gasteiger partial charge on any atom is 0.407 e. The number of non-ortho nitro benzene ring substituents is 1. The lowest BCUT2D eigenvalue weighted by Crippen LogP contribution is -2.41. The number of carbonyl (C=O) groups is 1. The van der Waals surface area contributed by atoms with Crippen LogP contribution in [-0.4, -0.2) is 40.2 Å². The van der Waals surface area contributed by atoms with Crippen LogP contribution in [0.1, 0.15) is 12.8 Å². The largest absolute Gasteiger partial charge is 0.490 e. The predicted octanol–water partition coefficient (Wildman–Crippen LogP) is 2.12. The van der Waals surface area contributed by atoms with Crippen molar-refractivity contribution in [1.82, 2.24) is 4.90 Å². The Morgan fingerprint density at radius 2 is 2.11 bits per heavy atom. The van der Waals surface area contributed by atoms with Gasteiger partial charge in [0.2, 0.25) is 0 Å². The van der Waals surface area contributed by atoms with E-state index < -0.39 is 11.0 Å². The molecule has 7 heteroatoms. The second kappa shape index (κ2) is 5.55. The van der Waals surface area contributed by atoms with Gasteiger partial charge >= 0.3 is 6.09 Å². The first kappa shape index (κ1) is 13.1. The molecular weight excluding hydrogens is 252 g/mol. The molecule has 0 aliphatic carbocycles. The highest BCUT2D eigenvalue weighted by Gasteiger charge is 2.23. The highest BCUT2D eigenvalue weighted by molar-refractivity contribution is 5.65. The Kier molecular flexibility index (Phi) is 3.84. The Labute approximate surface area is 109 Å². The van der Waals surface area contributed by atoms with E-state index in [-0.39, 0.29) is 11.8 Å². The van der Waals surface area contributed by atoms with Crippen LogP contribution in [0.25, 0.3) is 0 Å². The number of nitro benzene ring substituents is 1. The summed E-state index contributed by atoms with van der Waals surface area (Å²) in [6.45, 7) is 0.851. The summed E-state index contributed by atoms with van der Waals surface area (Å²) in [6, 6.07) is 6.01. The van der Waals surface area contributed by atoms with E-state index in [9.17, 15) is 14.9 Å².